The van der Waals surface area contributed by atoms with Crippen LogP contribution in [0.25, 0.3) is 11.3 Å². The van der Waals surface area contributed by atoms with E-state index < -0.39 is 5.41 Å². The van der Waals surface area contributed by atoms with Gasteiger partial charge < -0.3 is 20.3 Å². The van der Waals surface area contributed by atoms with E-state index in [9.17, 15) is 9.59 Å². The van der Waals surface area contributed by atoms with Crippen LogP contribution in [0.1, 0.15) is 26.7 Å². The minimum atomic E-state index is -0.796. The first kappa shape index (κ1) is 25.7. The van der Waals surface area contributed by atoms with Gasteiger partial charge in [-0.05, 0) is 38.8 Å². The number of allylic oxidation sites excluding steroid dienone is 2. The van der Waals surface area contributed by atoms with E-state index in [0.717, 1.165) is 72.3 Å². The Hall–Kier alpha value is -3.57. The van der Waals surface area contributed by atoms with E-state index in [0.29, 0.717) is 39.1 Å². The summed E-state index contributed by atoms with van der Waals surface area (Å²) in [7, 11) is 0. The summed E-state index contributed by atoms with van der Waals surface area (Å²) in [5.74, 6) is 1.17. The second-order valence-electron chi connectivity index (χ2n) is 11.6. The number of rotatable bonds is 6. The molecule has 6 rings (SSSR count). The van der Waals surface area contributed by atoms with E-state index in [1.165, 1.54) is 0 Å². The molecule has 0 bridgehead atoms. The number of anilines is 3. The van der Waals surface area contributed by atoms with Crippen LogP contribution in [-0.2, 0) is 14.3 Å². The number of quaternary nitrogens is 1. The van der Waals surface area contributed by atoms with Gasteiger partial charge in [0, 0.05) is 37.1 Å². The summed E-state index contributed by atoms with van der Waals surface area (Å²) in [6, 6.07) is 4.26. The molecule has 3 aliphatic heterocycles. The molecule has 3 saturated heterocycles. The molecule has 1 saturated carbocycles. The van der Waals surface area contributed by atoms with Crippen molar-refractivity contribution in [3.63, 3.8) is 0 Å². The molecule has 2 aromatic rings. The maximum atomic E-state index is 13.3. The number of nitrogen functional groups attached to an aromatic ring is 1. The first-order chi connectivity index (χ1) is 18.8. The van der Waals surface area contributed by atoms with E-state index in [1.807, 2.05) is 18.7 Å². The van der Waals surface area contributed by atoms with Gasteiger partial charge in [-0.15, -0.1) is 0 Å². The van der Waals surface area contributed by atoms with Crippen LogP contribution in [0.2, 0.25) is 0 Å². The number of hydrogen-bond acceptors (Lipinski definition) is 9. The van der Waals surface area contributed by atoms with Crippen LogP contribution in [0.15, 0.2) is 36.2 Å². The van der Waals surface area contributed by atoms with Gasteiger partial charge in [0.2, 0.25) is 11.9 Å². The number of piperazine rings is 1. The van der Waals surface area contributed by atoms with Crippen molar-refractivity contribution >= 4 is 29.1 Å². The second-order valence-corrected chi connectivity index (χ2v) is 11.6. The van der Waals surface area contributed by atoms with Gasteiger partial charge in [-0.2, -0.15) is 0 Å². The molecule has 4 fully saturated rings. The maximum Gasteiger partial charge on any atom is 0.237 e. The molecule has 0 atom stereocenters. The zero-order chi connectivity index (χ0) is 27.2. The van der Waals surface area contributed by atoms with Crippen LogP contribution in [0, 0.1) is 5.41 Å². The fraction of sp³-hybridized carbons (Fsp3) is 0.536. The lowest BCUT2D eigenvalue weighted by molar-refractivity contribution is -0.964. The van der Waals surface area contributed by atoms with Crippen molar-refractivity contribution in [1.29, 1.82) is 0 Å². The third-order valence-electron chi connectivity index (χ3n) is 8.43. The summed E-state index contributed by atoms with van der Waals surface area (Å²) in [5.41, 5.74) is 8.62. The van der Waals surface area contributed by atoms with Crippen molar-refractivity contribution in [2.45, 2.75) is 26.7 Å². The van der Waals surface area contributed by atoms with Crippen LogP contribution in [-0.4, -0.2) is 102 Å². The van der Waals surface area contributed by atoms with Crippen molar-refractivity contribution in [3.8, 4) is 11.3 Å². The van der Waals surface area contributed by atoms with Crippen LogP contribution in [0.4, 0.5) is 17.5 Å². The molecular formula is C28H37N8O3+. The Kier molecular flexibility index (Phi) is 6.50. The number of nitrogens with two attached hydrogens (primary N) is 1. The van der Waals surface area contributed by atoms with Crippen molar-refractivity contribution in [2.24, 2.45) is 5.41 Å². The van der Waals surface area contributed by atoms with Gasteiger partial charge in [0.05, 0.1) is 50.8 Å². The third-order valence-corrected chi connectivity index (χ3v) is 8.43. The summed E-state index contributed by atoms with van der Waals surface area (Å²) in [4.78, 5) is 45.9. The van der Waals surface area contributed by atoms with Gasteiger partial charge in [0.15, 0.2) is 19.1 Å². The molecular weight excluding hydrogens is 496 g/mol. The highest BCUT2D eigenvalue weighted by atomic mass is 16.5. The molecule has 1 aliphatic carbocycles. The molecule has 11 nitrogen and oxygen atoms in total. The number of ether oxygens (including phenoxy) is 1. The van der Waals surface area contributed by atoms with E-state index >= 15 is 0 Å². The lowest BCUT2D eigenvalue weighted by atomic mass is 9.96. The second kappa shape index (κ2) is 9.87. The number of carbonyl (C=O) groups is 2. The minimum Gasteiger partial charge on any atom is -0.378 e. The Balaban J connectivity index is 1.15. The Morgan fingerprint density at radius 2 is 1.67 bits per heavy atom. The SMILES string of the molecule is CC(C)=CC(=O)C1(C(=O)N2CC[N+]3(CC2)CN(c2cc(-c4cnc(N)nc4)nc(N4CCOCC4)c2)C3)CC1. The van der Waals surface area contributed by atoms with Crippen LogP contribution in [0.3, 0.4) is 0 Å². The van der Waals surface area contributed by atoms with Gasteiger partial charge in [0.1, 0.15) is 11.2 Å². The largest absolute Gasteiger partial charge is 0.378 e. The first-order valence-corrected chi connectivity index (χ1v) is 13.8. The monoisotopic (exact) mass is 533 g/mol. The molecule has 1 spiro atoms. The van der Waals surface area contributed by atoms with Crippen molar-refractivity contribution in [2.75, 3.05) is 81.4 Å². The minimum absolute atomic E-state index is 0.0202. The molecule has 2 N–H and O–H groups in total. The smallest absolute Gasteiger partial charge is 0.237 e. The number of pyridine rings is 1. The number of morpholine rings is 1. The molecule has 11 heteroatoms. The first-order valence-electron chi connectivity index (χ1n) is 13.8. The van der Waals surface area contributed by atoms with Crippen molar-refractivity contribution in [3.05, 3.63) is 36.2 Å². The zero-order valence-corrected chi connectivity index (χ0v) is 22.8. The maximum absolute atomic E-state index is 13.3. The molecule has 2 aromatic heterocycles. The molecule has 206 valence electrons. The molecule has 0 aromatic carbocycles. The Labute approximate surface area is 228 Å². The van der Waals surface area contributed by atoms with E-state index in [2.05, 4.69) is 31.9 Å². The number of ketones is 1. The number of nitrogens with zero attached hydrogens (tertiary/aromatic N) is 7. The quantitative estimate of drug-likeness (QED) is 0.336. The van der Waals surface area contributed by atoms with E-state index in [4.69, 9.17) is 15.5 Å². The predicted molar refractivity (Wildman–Crippen MR) is 148 cm³/mol. The highest BCUT2D eigenvalue weighted by molar-refractivity contribution is 6.13. The average Bonchev–Trinajstić information content (AvgIpc) is 3.74. The summed E-state index contributed by atoms with van der Waals surface area (Å²) in [5, 5.41) is 0. The van der Waals surface area contributed by atoms with Gasteiger partial charge in [0.25, 0.3) is 0 Å². The summed E-state index contributed by atoms with van der Waals surface area (Å²) >= 11 is 0. The van der Waals surface area contributed by atoms with Crippen LogP contribution in [0.5, 0.6) is 0 Å². The number of amides is 1. The van der Waals surface area contributed by atoms with Crippen LogP contribution >= 0.6 is 0 Å². The predicted octanol–water partition coefficient (Wildman–Crippen LogP) is 1.67. The number of aromatic nitrogens is 3. The van der Waals surface area contributed by atoms with Gasteiger partial charge in [-0.3, -0.25) is 19.0 Å². The number of carbonyl (C=O) groups excluding carboxylic acids is 2. The number of hydrogen-bond donors (Lipinski definition) is 1. The fourth-order valence-corrected chi connectivity index (χ4v) is 5.87. The lowest BCUT2D eigenvalue weighted by Crippen LogP contribution is -2.74. The Morgan fingerprint density at radius 3 is 2.28 bits per heavy atom. The van der Waals surface area contributed by atoms with Crippen molar-refractivity contribution in [1.82, 2.24) is 19.9 Å². The normalized spacial score (nSPS) is 21.3. The Bertz CT molecular complexity index is 1280. The molecule has 4 aliphatic rings. The highest BCUT2D eigenvalue weighted by Gasteiger charge is 2.58. The third kappa shape index (κ3) is 4.96. The average molecular weight is 534 g/mol. The topological polar surface area (TPSA) is 118 Å². The molecule has 0 unspecified atom stereocenters. The molecule has 5 heterocycles. The van der Waals surface area contributed by atoms with Crippen molar-refractivity contribution < 1.29 is 18.8 Å². The van der Waals surface area contributed by atoms with E-state index in [-0.39, 0.29) is 17.6 Å². The summed E-state index contributed by atoms with van der Waals surface area (Å²) < 4.78 is 6.50. The zero-order valence-electron chi connectivity index (χ0n) is 22.8. The standard InChI is InChI=1S/C28H37N8O3/c1-20(2)13-24(37)28(3-4-28)26(38)34-5-9-36(10-6-34)18-35(19-36)22-14-23(21-16-30-27(29)31-17-21)32-25(15-22)33-7-11-39-12-8-33/h13-17H,3-12,18-19H2,1-2H3,(H2,29,30,31)/q+1. The van der Waals surface area contributed by atoms with Crippen LogP contribution < -0.4 is 15.5 Å². The summed E-state index contributed by atoms with van der Waals surface area (Å²) in [6.07, 6.45) is 6.42. The fourth-order valence-electron chi connectivity index (χ4n) is 5.87. The molecule has 1 amide bonds. The Morgan fingerprint density at radius 1 is 1.00 bits per heavy atom. The highest BCUT2D eigenvalue weighted by Crippen LogP contribution is 2.49. The van der Waals surface area contributed by atoms with Gasteiger partial charge >= 0.3 is 0 Å². The summed E-state index contributed by atoms with van der Waals surface area (Å²) in [6.45, 7) is 11.7. The van der Waals surface area contributed by atoms with E-state index in [1.54, 1.807) is 18.5 Å². The van der Waals surface area contributed by atoms with Gasteiger partial charge in [-0.1, -0.05) is 5.57 Å². The lowest BCUT2D eigenvalue weighted by Gasteiger charge is -2.56. The molecule has 0 radical (unpaired) electrons. The van der Waals surface area contributed by atoms with Gasteiger partial charge in [-0.25, -0.2) is 15.0 Å². The molecule has 39 heavy (non-hydrogen) atoms.